The van der Waals surface area contributed by atoms with Crippen LogP contribution in [0.25, 0.3) is 0 Å². The molecule has 2 unspecified atom stereocenters. The molecule has 2 saturated carbocycles. The highest BCUT2D eigenvalue weighted by atomic mass is 35.5. The van der Waals surface area contributed by atoms with Crippen molar-refractivity contribution >= 4 is 29.1 Å². The number of carbonyl (C=O) groups excluding carboxylic acids is 1. The quantitative estimate of drug-likeness (QED) is 0.811. The van der Waals surface area contributed by atoms with Gasteiger partial charge in [0.25, 0.3) is 0 Å². The fourth-order valence-corrected chi connectivity index (χ4v) is 3.85. The lowest BCUT2D eigenvalue weighted by atomic mass is 9.92. The molecular formula is C17H21Cl2NO. The number of halogens is 2. The summed E-state index contributed by atoms with van der Waals surface area (Å²) in [5, 5.41) is 3.22. The molecule has 1 amide bonds. The van der Waals surface area contributed by atoms with E-state index >= 15 is 0 Å². The molecule has 2 atom stereocenters. The number of hydrogen-bond donors (Lipinski definition) is 1. The van der Waals surface area contributed by atoms with Crippen LogP contribution in [0.3, 0.4) is 0 Å². The van der Waals surface area contributed by atoms with Gasteiger partial charge in [-0.1, -0.05) is 43.2 Å². The predicted molar refractivity (Wildman–Crippen MR) is 86.6 cm³/mol. The molecule has 0 aromatic heterocycles. The Morgan fingerprint density at radius 1 is 1.24 bits per heavy atom. The Labute approximate surface area is 136 Å². The van der Waals surface area contributed by atoms with Gasteiger partial charge in [0.05, 0.1) is 5.92 Å². The van der Waals surface area contributed by atoms with E-state index in [0.717, 1.165) is 6.42 Å². The van der Waals surface area contributed by atoms with Gasteiger partial charge in [-0.25, -0.2) is 0 Å². The van der Waals surface area contributed by atoms with Gasteiger partial charge in [-0.3, -0.25) is 4.79 Å². The second kappa shape index (κ2) is 6.18. The molecule has 2 aliphatic carbocycles. The van der Waals surface area contributed by atoms with E-state index in [2.05, 4.69) is 17.4 Å². The minimum atomic E-state index is -0.836. The maximum Gasteiger partial charge on any atom is 0.226 e. The highest BCUT2D eigenvalue weighted by Gasteiger charge is 2.56. The molecular weight excluding hydrogens is 305 g/mol. The fraction of sp³-hybridized carbons (Fsp3) is 0.588. The first-order valence-corrected chi connectivity index (χ1v) is 8.54. The molecule has 4 heteroatoms. The molecule has 0 radical (unpaired) electrons. The summed E-state index contributed by atoms with van der Waals surface area (Å²) in [5.74, 6) is 0.362. The molecule has 21 heavy (non-hydrogen) atoms. The summed E-state index contributed by atoms with van der Waals surface area (Å²) in [6.07, 6.45) is 6.41. The number of alkyl halides is 2. The average Bonchev–Trinajstić information content (AvgIpc) is 2.90. The van der Waals surface area contributed by atoms with Crippen LogP contribution in [0.2, 0.25) is 0 Å². The zero-order valence-corrected chi connectivity index (χ0v) is 13.5. The van der Waals surface area contributed by atoms with Crippen LogP contribution in [0, 0.1) is 11.8 Å². The highest BCUT2D eigenvalue weighted by molar-refractivity contribution is 6.52. The van der Waals surface area contributed by atoms with Crippen molar-refractivity contribution in [1.82, 2.24) is 5.32 Å². The predicted octanol–water partition coefficient (Wildman–Crippen LogP) is 4.10. The van der Waals surface area contributed by atoms with Crippen molar-refractivity contribution < 1.29 is 4.79 Å². The zero-order valence-electron chi connectivity index (χ0n) is 12.0. The van der Waals surface area contributed by atoms with Crippen LogP contribution in [-0.2, 0) is 11.2 Å². The van der Waals surface area contributed by atoms with Gasteiger partial charge in [0.1, 0.15) is 4.33 Å². The summed E-state index contributed by atoms with van der Waals surface area (Å²) in [4.78, 5) is 12.3. The van der Waals surface area contributed by atoms with Crippen molar-refractivity contribution in [2.75, 3.05) is 0 Å². The smallest absolute Gasteiger partial charge is 0.226 e. The van der Waals surface area contributed by atoms with E-state index in [1.165, 1.54) is 31.2 Å². The third-order valence-corrected chi connectivity index (χ3v) is 5.57. The SMILES string of the molecule is O=C(NC(Cc1ccccc1)C1CCCC1)C1CC1(Cl)Cl. The first-order valence-electron chi connectivity index (χ1n) is 7.78. The average molecular weight is 326 g/mol. The van der Waals surface area contributed by atoms with Gasteiger partial charge >= 0.3 is 0 Å². The Bertz CT molecular complexity index is 497. The maximum absolute atomic E-state index is 12.3. The molecule has 1 aromatic rings. The van der Waals surface area contributed by atoms with Crippen molar-refractivity contribution in [1.29, 1.82) is 0 Å². The molecule has 0 saturated heterocycles. The Hall–Kier alpha value is -0.730. The number of rotatable bonds is 5. The largest absolute Gasteiger partial charge is 0.352 e. The first kappa shape index (κ1) is 15.2. The Balaban J connectivity index is 1.66. The monoisotopic (exact) mass is 325 g/mol. The van der Waals surface area contributed by atoms with Crippen LogP contribution in [0.1, 0.15) is 37.7 Å². The lowest BCUT2D eigenvalue weighted by molar-refractivity contribution is -0.123. The number of amides is 1. The molecule has 1 aromatic carbocycles. The van der Waals surface area contributed by atoms with Crippen molar-refractivity contribution in [2.45, 2.75) is 48.9 Å². The summed E-state index contributed by atoms with van der Waals surface area (Å²) < 4.78 is -0.836. The van der Waals surface area contributed by atoms with Crippen LogP contribution in [0.4, 0.5) is 0 Å². The summed E-state index contributed by atoms with van der Waals surface area (Å²) in [6.45, 7) is 0. The third-order valence-electron chi connectivity index (χ3n) is 4.74. The van der Waals surface area contributed by atoms with Gasteiger partial charge in [0, 0.05) is 6.04 Å². The Morgan fingerprint density at radius 3 is 2.43 bits per heavy atom. The van der Waals surface area contributed by atoms with E-state index in [-0.39, 0.29) is 17.9 Å². The zero-order chi connectivity index (χ0) is 14.9. The summed E-state index contributed by atoms with van der Waals surface area (Å²) in [5.41, 5.74) is 1.27. The highest BCUT2D eigenvalue weighted by Crippen LogP contribution is 2.53. The topological polar surface area (TPSA) is 29.1 Å². The van der Waals surface area contributed by atoms with Crippen molar-refractivity contribution in [3.05, 3.63) is 35.9 Å². The van der Waals surface area contributed by atoms with E-state index in [9.17, 15) is 4.79 Å². The van der Waals surface area contributed by atoms with E-state index in [4.69, 9.17) is 23.2 Å². The second-order valence-electron chi connectivity index (χ2n) is 6.37. The number of hydrogen-bond acceptors (Lipinski definition) is 1. The standard InChI is InChI=1S/C17H21Cl2NO/c18-17(19)11-14(17)16(21)20-15(13-8-4-5-9-13)10-12-6-2-1-3-7-12/h1-3,6-7,13-15H,4-5,8-11H2,(H,20,21). The van der Waals surface area contributed by atoms with E-state index in [0.29, 0.717) is 12.3 Å². The number of carbonyl (C=O) groups is 1. The van der Waals surface area contributed by atoms with Crippen molar-refractivity contribution in [2.24, 2.45) is 11.8 Å². The molecule has 3 rings (SSSR count). The third kappa shape index (κ3) is 3.73. The first-order chi connectivity index (χ1) is 10.1. The minimum absolute atomic E-state index is 0.0211. The number of nitrogens with one attached hydrogen (secondary N) is 1. The molecule has 1 N–H and O–H groups in total. The summed E-state index contributed by atoms with van der Waals surface area (Å²) in [7, 11) is 0. The van der Waals surface area contributed by atoms with E-state index < -0.39 is 4.33 Å². The fourth-order valence-electron chi connectivity index (χ4n) is 3.34. The molecule has 2 fully saturated rings. The molecule has 0 aliphatic heterocycles. The van der Waals surface area contributed by atoms with Crippen LogP contribution in [-0.4, -0.2) is 16.3 Å². The van der Waals surface area contributed by atoms with Crippen molar-refractivity contribution in [3.63, 3.8) is 0 Å². The van der Waals surface area contributed by atoms with E-state index in [1.807, 2.05) is 18.2 Å². The van der Waals surface area contributed by atoms with Crippen LogP contribution in [0.15, 0.2) is 30.3 Å². The van der Waals surface area contributed by atoms with E-state index in [1.54, 1.807) is 0 Å². The Kier molecular flexibility index (Phi) is 4.46. The lowest BCUT2D eigenvalue weighted by Crippen LogP contribution is -2.42. The second-order valence-corrected chi connectivity index (χ2v) is 7.91. The molecule has 0 bridgehead atoms. The number of benzene rings is 1. The lowest BCUT2D eigenvalue weighted by Gasteiger charge is -2.25. The normalized spacial score (nSPS) is 25.5. The van der Waals surface area contributed by atoms with Gasteiger partial charge in [0.15, 0.2) is 0 Å². The van der Waals surface area contributed by atoms with Gasteiger partial charge in [-0.05, 0) is 37.2 Å². The molecule has 0 spiro atoms. The molecule has 0 heterocycles. The van der Waals surface area contributed by atoms with Crippen LogP contribution < -0.4 is 5.32 Å². The minimum Gasteiger partial charge on any atom is -0.352 e. The summed E-state index contributed by atoms with van der Waals surface area (Å²) in [6, 6.07) is 10.6. The van der Waals surface area contributed by atoms with Gasteiger partial charge < -0.3 is 5.32 Å². The molecule has 2 aliphatic rings. The molecule has 2 nitrogen and oxygen atoms in total. The van der Waals surface area contributed by atoms with Crippen LogP contribution in [0.5, 0.6) is 0 Å². The Morgan fingerprint density at radius 2 is 1.86 bits per heavy atom. The summed E-state index contributed by atoms with van der Waals surface area (Å²) >= 11 is 12.0. The van der Waals surface area contributed by atoms with Gasteiger partial charge in [-0.2, -0.15) is 0 Å². The van der Waals surface area contributed by atoms with Gasteiger partial charge in [-0.15, -0.1) is 23.2 Å². The van der Waals surface area contributed by atoms with Crippen LogP contribution >= 0.6 is 23.2 Å². The maximum atomic E-state index is 12.3. The van der Waals surface area contributed by atoms with Crippen molar-refractivity contribution in [3.8, 4) is 0 Å². The van der Waals surface area contributed by atoms with Gasteiger partial charge in [0.2, 0.25) is 5.91 Å². The molecule has 114 valence electrons.